The molecule has 3 rings (SSSR count). The van der Waals surface area contributed by atoms with Crippen molar-refractivity contribution in [1.29, 1.82) is 0 Å². The van der Waals surface area contributed by atoms with Crippen LogP contribution in [0.5, 0.6) is 5.75 Å². The van der Waals surface area contributed by atoms with Crippen molar-refractivity contribution in [3.05, 3.63) is 30.1 Å². The van der Waals surface area contributed by atoms with Crippen molar-refractivity contribution in [2.24, 2.45) is 13.0 Å². The Morgan fingerprint density at radius 3 is 2.89 bits per heavy atom. The Bertz CT molecular complexity index is 866. The van der Waals surface area contributed by atoms with Gasteiger partial charge in [0.15, 0.2) is 18.2 Å². The number of hydrogen-bond acceptors (Lipinski definition) is 5. The second kappa shape index (κ2) is 7.60. The number of carbonyl (C=O) groups is 2. The summed E-state index contributed by atoms with van der Waals surface area (Å²) in [7, 11) is 1.75. The molecule has 0 fully saturated rings. The first-order valence-electron chi connectivity index (χ1n) is 8.51. The SMILES string of the molecule is CC(C)C[C@H](NC(=O)Nc1cc(F)c2c(c1)NC(=O)CO2)c1ncnn1C. The first-order valence-corrected chi connectivity index (χ1v) is 8.51. The smallest absolute Gasteiger partial charge is 0.319 e. The minimum absolute atomic E-state index is 0.0441. The number of ether oxygens (including phenoxy) is 1. The van der Waals surface area contributed by atoms with Gasteiger partial charge in [0.25, 0.3) is 5.91 Å². The van der Waals surface area contributed by atoms with E-state index in [9.17, 15) is 14.0 Å². The van der Waals surface area contributed by atoms with E-state index < -0.39 is 11.8 Å². The van der Waals surface area contributed by atoms with Crippen molar-refractivity contribution in [3.8, 4) is 5.75 Å². The van der Waals surface area contributed by atoms with Crippen LogP contribution in [0.1, 0.15) is 32.1 Å². The Labute approximate surface area is 155 Å². The molecule has 0 bridgehead atoms. The summed E-state index contributed by atoms with van der Waals surface area (Å²) in [5, 5.41) is 12.0. The highest BCUT2D eigenvalue weighted by Crippen LogP contribution is 2.33. The van der Waals surface area contributed by atoms with Gasteiger partial charge in [-0.1, -0.05) is 13.8 Å². The highest BCUT2D eigenvalue weighted by Gasteiger charge is 2.23. The Hall–Kier alpha value is -3.17. The van der Waals surface area contributed by atoms with Crippen LogP contribution in [0.4, 0.5) is 20.6 Å². The average molecular weight is 376 g/mol. The monoisotopic (exact) mass is 376 g/mol. The number of carbonyl (C=O) groups excluding carboxylic acids is 2. The summed E-state index contributed by atoms with van der Waals surface area (Å²) in [6.07, 6.45) is 2.08. The quantitative estimate of drug-likeness (QED) is 0.741. The number of anilines is 2. The average Bonchev–Trinajstić information content (AvgIpc) is 2.99. The zero-order chi connectivity index (χ0) is 19.6. The maximum absolute atomic E-state index is 14.2. The van der Waals surface area contributed by atoms with Gasteiger partial charge in [0.1, 0.15) is 12.2 Å². The van der Waals surface area contributed by atoms with Crippen molar-refractivity contribution in [2.45, 2.75) is 26.3 Å². The number of aromatic nitrogens is 3. The number of rotatable bonds is 5. The summed E-state index contributed by atoms with van der Waals surface area (Å²) >= 11 is 0. The van der Waals surface area contributed by atoms with Crippen molar-refractivity contribution in [2.75, 3.05) is 17.2 Å². The summed E-state index contributed by atoms with van der Waals surface area (Å²) in [5.41, 5.74) is 0.365. The Morgan fingerprint density at radius 2 is 2.22 bits per heavy atom. The molecule has 1 aromatic heterocycles. The molecular formula is C17H21FN6O3. The molecule has 1 aliphatic heterocycles. The van der Waals surface area contributed by atoms with E-state index in [1.165, 1.54) is 12.4 Å². The molecule has 0 saturated heterocycles. The summed E-state index contributed by atoms with van der Waals surface area (Å²) in [4.78, 5) is 28.0. The Kier molecular flexibility index (Phi) is 5.24. The van der Waals surface area contributed by atoms with E-state index in [-0.39, 0.29) is 35.7 Å². The Balaban J connectivity index is 1.74. The number of nitrogens with one attached hydrogen (secondary N) is 3. The zero-order valence-corrected chi connectivity index (χ0v) is 15.2. The van der Waals surface area contributed by atoms with Gasteiger partial charge in [0.05, 0.1) is 11.7 Å². The molecule has 144 valence electrons. The molecule has 27 heavy (non-hydrogen) atoms. The molecule has 2 aromatic rings. The van der Waals surface area contributed by atoms with Crippen LogP contribution in [0.2, 0.25) is 0 Å². The van der Waals surface area contributed by atoms with E-state index >= 15 is 0 Å². The number of aryl methyl sites for hydroxylation is 1. The summed E-state index contributed by atoms with van der Waals surface area (Å²) in [6.45, 7) is 3.82. The molecule has 1 aromatic carbocycles. The molecule has 0 radical (unpaired) electrons. The van der Waals surface area contributed by atoms with Gasteiger partial charge in [-0.3, -0.25) is 9.48 Å². The molecule has 10 heteroatoms. The standard InChI is InChI=1S/C17H21FN6O3/c1-9(2)4-13(16-19-8-20-24(16)3)23-17(26)21-10-5-11(18)15-12(6-10)22-14(25)7-27-15/h5-6,8-9,13H,4,7H2,1-3H3,(H,22,25)(H2,21,23,26)/t13-/m0/s1. The summed E-state index contributed by atoms with van der Waals surface area (Å²) in [6, 6.07) is 1.69. The zero-order valence-electron chi connectivity index (χ0n) is 15.2. The minimum atomic E-state index is -0.671. The molecular weight excluding hydrogens is 355 g/mol. The molecule has 1 aliphatic rings. The van der Waals surface area contributed by atoms with E-state index in [1.54, 1.807) is 11.7 Å². The van der Waals surface area contributed by atoms with Crippen molar-refractivity contribution in [3.63, 3.8) is 0 Å². The topological polar surface area (TPSA) is 110 Å². The lowest BCUT2D eigenvalue weighted by Crippen LogP contribution is -2.35. The number of urea groups is 1. The maximum Gasteiger partial charge on any atom is 0.319 e. The third kappa shape index (κ3) is 4.33. The van der Waals surface area contributed by atoms with Crippen LogP contribution in [-0.4, -0.2) is 33.3 Å². The van der Waals surface area contributed by atoms with Crippen molar-refractivity contribution in [1.82, 2.24) is 20.1 Å². The van der Waals surface area contributed by atoms with Gasteiger partial charge >= 0.3 is 6.03 Å². The fourth-order valence-electron chi connectivity index (χ4n) is 2.88. The van der Waals surface area contributed by atoms with Crippen molar-refractivity contribution >= 4 is 23.3 Å². The molecule has 2 heterocycles. The predicted octanol–water partition coefficient (Wildman–Crippen LogP) is 2.19. The minimum Gasteiger partial charge on any atom is -0.478 e. The van der Waals surface area contributed by atoms with Gasteiger partial charge < -0.3 is 20.7 Å². The van der Waals surface area contributed by atoms with E-state index in [1.807, 2.05) is 13.8 Å². The number of fused-ring (bicyclic) bond motifs is 1. The van der Waals surface area contributed by atoms with Crippen LogP contribution in [0.15, 0.2) is 18.5 Å². The molecule has 1 atom stereocenters. The number of amides is 3. The highest BCUT2D eigenvalue weighted by molar-refractivity contribution is 5.97. The van der Waals surface area contributed by atoms with Gasteiger partial charge in [0, 0.05) is 18.8 Å². The third-order valence-corrected chi connectivity index (χ3v) is 3.99. The van der Waals surface area contributed by atoms with Gasteiger partial charge in [-0.05, 0) is 18.4 Å². The highest BCUT2D eigenvalue weighted by atomic mass is 19.1. The number of nitrogens with zero attached hydrogens (tertiary/aromatic N) is 3. The lowest BCUT2D eigenvalue weighted by molar-refractivity contribution is -0.118. The second-order valence-corrected chi connectivity index (χ2v) is 6.69. The molecule has 0 unspecified atom stereocenters. The normalized spacial score (nSPS) is 14.2. The molecule has 0 saturated carbocycles. The van der Waals surface area contributed by atoms with E-state index in [2.05, 4.69) is 26.0 Å². The van der Waals surface area contributed by atoms with Crippen LogP contribution in [-0.2, 0) is 11.8 Å². The van der Waals surface area contributed by atoms with Crippen LogP contribution < -0.4 is 20.7 Å². The summed E-state index contributed by atoms with van der Waals surface area (Å²) < 4.78 is 20.8. The fourth-order valence-corrected chi connectivity index (χ4v) is 2.88. The molecule has 9 nitrogen and oxygen atoms in total. The van der Waals surface area contributed by atoms with Gasteiger partial charge in [0.2, 0.25) is 0 Å². The second-order valence-electron chi connectivity index (χ2n) is 6.69. The Morgan fingerprint density at radius 1 is 1.44 bits per heavy atom. The number of hydrogen-bond donors (Lipinski definition) is 3. The molecule has 0 spiro atoms. The predicted molar refractivity (Wildman–Crippen MR) is 95.9 cm³/mol. The largest absolute Gasteiger partial charge is 0.478 e. The molecule has 3 amide bonds. The number of halogens is 1. The van der Waals surface area contributed by atoms with Gasteiger partial charge in [-0.2, -0.15) is 5.10 Å². The number of benzene rings is 1. The third-order valence-electron chi connectivity index (χ3n) is 3.99. The first-order chi connectivity index (χ1) is 12.8. The summed E-state index contributed by atoms with van der Waals surface area (Å²) in [5.74, 6) is -0.174. The first kappa shape index (κ1) is 18.6. The van der Waals surface area contributed by atoms with Crippen molar-refractivity contribution < 1.29 is 18.7 Å². The van der Waals surface area contributed by atoms with E-state index in [0.29, 0.717) is 18.2 Å². The fraction of sp³-hybridized carbons (Fsp3) is 0.412. The van der Waals surface area contributed by atoms with Gasteiger partial charge in [-0.25, -0.2) is 14.2 Å². The van der Waals surface area contributed by atoms with Gasteiger partial charge in [-0.15, -0.1) is 0 Å². The maximum atomic E-state index is 14.2. The molecule has 0 aliphatic carbocycles. The van der Waals surface area contributed by atoms with Crippen LogP contribution >= 0.6 is 0 Å². The van der Waals surface area contributed by atoms with Crippen LogP contribution in [0, 0.1) is 11.7 Å². The lowest BCUT2D eigenvalue weighted by atomic mass is 10.0. The lowest BCUT2D eigenvalue weighted by Gasteiger charge is -2.21. The molecule has 3 N–H and O–H groups in total. The van der Waals surface area contributed by atoms with Crippen LogP contribution in [0.25, 0.3) is 0 Å². The van der Waals surface area contributed by atoms with Crippen LogP contribution in [0.3, 0.4) is 0 Å². The van der Waals surface area contributed by atoms with E-state index in [4.69, 9.17) is 4.74 Å². The van der Waals surface area contributed by atoms with E-state index in [0.717, 1.165) is 6.07 Å².